The normalized spacial score (nSPS) is 10.6. The zero-order chi connectivity index (χ0) is 19.3. The minimum atomic E-state index is -0.164. The highest BCUT2D eigenvalue weighted by Gasteiger charge is 2.18. The van der Waals surface area contributed by atoms with Crippen LogP contribution in [0, 0.1) is 6.92 Å². The van der Waals surface area contributed by atoms with E-state index in [0.29, 0.717) is 17.8 Å². The first kappa shape index (κ1) is 17.7. The van der Waals surface area contributed by atoms with Crippen LogP contribution in [-0.4, -0.2) is 20.7 Å². The number of carbonyl (C=O) groups excluding carboxylic acids is 1. The van der Waals surface area contributed by atoms with Crippen LogP contribution in [-0.2, 0) is 6.54 Å². The summed E-state index contributed by atoms with van der Waals surface area (Å²) in [5.74, 6) is -0.164. The van der Waals surface area contributed by atoms with Gasteiger partial charge in [0.1, 0.15) is 5.69 Å². The third-order valence-corrected chi connectivity index (χ3v) is 4.45. The molecule has 5 heteroatoms. The number of hydrogen-bond donors (Lipinski definition) is 1. The van der Waals surface area contributed by atoms with E-state index in [4.69, 9.17) is 5.10 Å². The molecule has 1 amide bonds. The lowest BCUT2D eigenvalue weighted by atomic mass is 10.1. The van der Waals surface area contributed by atoms with E-state index in [2.05, 4.69) is 10.3 Å². The molecule has 0 fully saturated rings. The van der Waals surface area contributed by atoms with Gasteiger partial charge in [0, 0.05) is 30.7 Å². The van der Waals surface area contributed by atoms with Crippen LogP contribution in [0.15, 0.2) is 85.3 Å². The Balaban J connectivity index is 1.70. The van der Waals surface area contributed by atoms with E-state index in [1.807, 2.05) is 73.7 Å². The number of aryl methyl sites for hydroxylation is 1. The molecule has 0 spiro atoms. The third-order valence-electron chi connectivity index (χ3n) is 4.45. The third kappa shape index (κ3) is 3.83. The maximum atomic E-state index is 13.0. The standard InChI is InChI=1S/C23H20N4O/c1-17-7-5-9-19(13-17)22-21(16-27(26-22)20-10-3-2-4-11-20)23(28)25-15-18-8-6-12-24-14-18/h2-14,16H,15H2,1H3,(H,25,28). The molecule has 0 saturated carbocycles. The van der Waals surface area contributed by atoms with Gasteiger partial charge in [-0.15, -0.1) is 0 Å². The summed E-state index contributed by atoms with van der Waals surface area (Å²) in [7, 11) is 0. The van der Waals surface area contributed by atoms with E-state index < -0.39 is 0 Å². The molecular formula is C23H20N4O. The summed E-state index contributed by atoms with van der Waals surface area (Å²) >= 11 is 0. The molecule has 28 heavy (non-hydrogen) atoms. The van der Waals surface area contributed by atoms with Crippen molar-refractivity contribution in [2.45, 2.75) is 13.5 Å². The van der Waals surface area contributed by atoms with Crippen molar-refractivity contribution in [3.63, 3.8) is 0 Å². The van der Waals surface area contributed by atoms with Gasteiger partial charge in [-0.2, -0.15) is 5.10 Å². The highest BCUT2D eigenvalue weighted by Crippen LogP contribution is 2.24. The van der Waals surface area contributed by atoms with Crippen LogP contribution in [0.2, 0.25) is 0 Å². The quantitative estimate of drug-likeness (QED) is 0.575. The molecule has 0 radical (unpaired) electrons. The first-order valence-corrected chi connectivity index (χ1v) is 9.10. The van der Waals surface area contributed by atoms with Crippen LogP contribution in [0.4, 0.5) is 0 Å². The van der Waals surface area contributed by atoms with Crippen molar-refractivity contribution in [3.05, 3.63) is 102 Å². The number of amides is 1. The van der Waals surface area contributed by atoms with Crippen LogP contribution in [0.25, 0.3) is 16.9 Å². The van der Waals surface area contributed by atoms with Gasteiger partial charge in [-0.1, -0.05) is 48.0 Å². The lowest BCUT2D eigenvalue weighted by molar-refractivity contribution is 0.0951. The monoisotopic (exact) mass is 368 g/mol. The van der Waals surface area contributed by atoms with Crippen molar-refractivity contribution < 1.29 is 4.79 Å². The van der Waals surface area contributed by atoms with Crippen molar-refractivity contribution in [1.29, 1.82) is 0 Å². The fourth-order valence-corrected chi connectivity index (χ4v) is 3.04. The Kier molecular flexibility index (Phi) is 4.97. The van der Waals surface area contributed by atoms with Gasteiger partial charge in [-0.25, -0.2) is 4.68 Å². The molecule has 4 rings (SSSR count). The summed E-state index contributed by atoms with van der Waals surface area (Å²) in [6.45, 7) is 2.44. The molecule has 138 valence electrons. The maximum absolute atomic E-state index is 13.0. The average Bonchev–Trinajstić information content (AvgIpc) is 3.19. The Morgan fingerprint density at radius 3 is 2.64 bits per heavy atom. The van der Waals surface area contributed by atoms with Gasteiger partial charge < -0.3 is 5.32 Å². The van der Waals surface area contributed by atoms with Crippen molar-refractivity contribution in [2.75, 3.05) is 0 Å². The van der Waals surface area contributed by atoms with Gasteiger partial charge in [0.2, 0.25) is 0 Å². The van der Waals surface area contributed by atoms with E-state index >= 15 is 0 Å². The molecule has 0 aliphatic carbocycles. The number of carbonyl (C=O) groups is 1. The molecule has 0 atom stereocenters. The van der Waals surface area contributed by atoms with Crippen LogP contribution in [0.1, 0.15) is 21.5 Å². The Bertz CT molecular complexity index is 1090. The molecule has 5 nitrogen and oxygen atoms in total. The summed E-state index contributed by atoms with van der Waals surface area (Å²) in [4.78, 5) is 17.0. The Morgan fingerprint density at radius 1 is 1.04 bits per heavy atom. The molecule has 2 heterocycles. The number of para-hydroxylation sites is 1. The van der Waals surface area contributed by atoms with Gasteiger partial charge in [0.15, 0.2) is 0 Å². The van der Waals surface area contributed by atoms with E-state index in [-0.39, 0.29) is 5.91 Å². The number of nitrogens with one attached hydrogen (secondary N) is 1. The second-order valence-electron chi connectivity index (χ2n) is 6.58. The van der Waals surface area contributed by atoms with Gasteiger partial charge in [-0.05, 0) is 36.8 Å². The number of aromatic nitrogens is 3. The van der Waals surface area contributed by atoms with Crippen molar-refractivity contribution in [2.24, 2.45) is 0 Å². The summed E-state index contributed by atoms with van der Waals surface area (Å²) in [6.07, 6.45) is 5.24. The summed E-state index contributed by atoms with van der Waals surface area (Å²) in [5.41, 5.74) is 5.09. The van der Waals surface area contributed by atoms with E-state index in [1.165, 1.54) is 0 Å². The fraction of sp³-hybridized carbons (Fsp3) is 0.0870. The summed E-state index contributed by atoms with van der Waals surface area (Å²) in [5, 5.41) is 7.68. The summed E-state index contributed by atoms with van der Waals surface area (Å²) < 4.78 is 1.75. The van der Waals surface area contributed by atoms with Crippen LogP contribution in [0.3, 0.4) is 0 Å². The predicted molar refractivity (Wildman–Crippen MR) is 109 cm³/mol. The molecule has 4 aromatic rings. The maximum Gasteiger partial charge on any atom is 0.255 e. The van der Waals surface area contributed by atoms with Gasteiger partial charge in [-0.3, -0.25) is 9.78 Å². The first-order chi connectivity index (χ1) is 13.7. The smallest absolute Gasteiger partial charge is 0.255 e. The summed E-state index contributed by atoms with van der Waals surface area (Å²) in [6, 6.07) is 21.6. The van der Waals surface area contributed by atoms with E-state index in [9.17, 15) is 4.79 Å². The molecule has 2 aromatic carbocycles. The molecule has 2 aromatic heterocycles. The van der Waals surface area contributed by atoms with Crippen LogP contribution in [0.5, 0.6) is 0 Å². The number of hydrogen-bond acceptors (Lipinski definition) is 3. The van der Waals surface area contributed by atoms with Crippen LogP contribution >= 0.6 is 0 Å². The van der Waals surface area contributed by atoms with Crippen molar-refractivity contribution >= 4 is 5.91 Å². The second-order valence-corrected chi connectivity index (χ2v) is 6.58. The van der Waals surface area contributed by atoms with Gasteiger partial charge in [0.05, 0.1) is 11.3 Å². The molecular weight excluding hydrogens is 348 g/mol. The van der Waals surface area contributed by atoms with Crippen molar-refractivity contribution in [1.82, 2.24) is 20.1 Å². The Hall–Kier alpha value is -3.73. The number of nitrogens with zero attached hydrogens (tertiary/aromatic N) is 3. The van der Waals surface area contributed by atoms with E-state index in [1.54, 1.807) is 23.3 Å². The predicted octanol–water partition coefficient (Wildman–Crippen LogP) is 4.17. The molecule has 0 aliphatic rings. The number of rotatable bonds is 5. The van der Waals surface area contributed by atoms with Gasteiger partial charge in [0.25, 0.3) is 5.91 Å². The molecule has 0 aliphatic heterocycles. The van der Waals surface area contributed by atoms with Crippen molar-refractivity contribution in [3.8, 4) is 16.9 Å². The Morgan fingerprint density at radius 2 is 1.89 bits per heavy atom. The zero-order valence-electron chi connectivity index (χ0n) is 15.5. The second kappa shape index (κ2) is 7.88. The molecule has 0 saturated heterocycles. The zero-order valence-corrected chi connectivity index (χ0v) is 15.5. The minimum absolute atomic E-state index is 0.164. The minimum Gasteiger partial charge on any atom is -0.348 e. The van der Waals surface area contributed by atoms with Gasteiger partial charge >= 0.3 is 0 Å². The van der Waals surface area contributed by atoms with Crippen LogP contribution < -0.4 is 5.32 Å². The molecule has 1 N–H and O–H groups in total. The Labute approximate surface area is 163 Å². The van der Waals surface area contributed by atoms with E-state index in [0.717, 1.165) is 22.4 Å². The highest BCUT2D eigenvalue weighted by atomic mass is 16.1. The number of benzene rings is 2. The largest absolute Gasteiger partial charge is 0.348 e. The molecule has 0 unspecified atom stereocenters. The average molecular weight is 368 g/mol. The SMILES string of the molecule is Cc1cccc(-c2nn(-c3ccccc3)cc2C(=O)NCc2cccnc2)c1. The topological polar surface area (TPSA) is 59.8 Å². The first-order valence-electron chi connectivity index (χ1n) is 9.10. The number of pyridine rings is 1. The molecule has 0 bridgehead atoms. The lowest BCUT2D eigenvalue weighted by Gasteiger charge is -2.06. The highest BCUT2D eigenvalue weighted by molar-refractivity contribution is 5.99. The fourth-order valence-electron chi connectivity index (χ4n) is 3.04. The lowest BCUT2D eigenvalue weighted by Crippen LogP contribution is -2.23.